The van der Waals surface area contributed by atoms with Crippen molar-refractivity contribution in [3.63, 3.8) is 0 Å². The van der Waals surface area contributed by atoms with Gasteiger partial charge in [-0.05, 0) is 48.5 Å². The summed E-state index contributed by atoms with van der Waals surface area (Å²) in [6.45, 7) is 4.76. The van der Waals surface area contributed by atoms with E-state index in [1.165, 1.54) is 0 Å². The van der Waals surface area contributed by atoms with Gasteiger partial charge in [-0.3, -0.25) is 4.79 Å². The van der Waals surface area contributed by atoms with Gasteiger partial charge in [-0.1, -0.05) is 43.0 Å². The lowest BCUT2D eigenvalue weighted by Crippen LogP contribution is -2.15. The Bertz CT molecular complexity index is 923. The molecule has 0 aliphatic carbocycles. The molecule has 0 aliphatic rings. The van der Waals surface area contributed by atoms with E-state index in [2.05, 4.69) is 11.9 Å². The van der Waals surface area contributed by atoms with Crippen LogP contribution in [0, 0.1) is 0 Å². The monoisotopic (exact) mass is 389 g/mol. The molecule has 0 fully saturated rings. The number of ether oxygens (including phenoxy) is 3. The SMILES string of the molecule is C=CCOc1ccc(NC(=O)c2ccccc2OCCOc2ccccc2)cc1. The summed E-state index contributed by atoms with van der Waals surface area (Å²) < 4.78 is 16.8. The number of anilines is 1. The Balaban J connectivity index is 1.56. The number of hydrogen-bond donors (Lipinski definition) is 1. The number of benzene rings is 3. The summed E-state index contributed by atoms with van der Waals surface area (Å²) in [7, 11) is 0. The van der Waals surface area contributed by atoms with Crippen LogP contribution >= 0.6 is 0 Å². The molecule has 0 unspecified atom stereocenters. The van der Waals surface area contributed by atoms with Gasteiger partial charge < -0.3 is 19.5 Å². The smallest absolute Gasteiger partial charge is 0.259 e. The van der Waals surface area contributed by atoms with Crippen molar-refractivity contribution in [3.05, 3.63) is 97.1 Å². The van der Waals surface area contributed by atoms with Gasteiger partial charge in [-0.2, -0.15) is 0 Å². The summed E-state index contributed by atoms with van der Waals surface area (Å²) in [4.78, 5) is 12.7. The number of nitrogens with one attached hydrogen (secondary N) is 1. The minimum Gasteiger partial charge on any atom is -0.490 e. The van der Waals surface area contributed by atoms with Gasteiger partial charge in [0.1, 0.15) is 37.1 Å². The third-order valence-electron chi connectivity index (χ3n) is 3.96. The third kappa shape index (κ3) is 6.14. The normalized spacial score (nSPS) is 10.1. The molecule has 0 bridgehead atoms. The lowest BCUT2D eigenvalue weighted by Gasteiger charge is -2.12. The Kier molecular flexibility index (Phi) is 7.29. The van der Waals surface area contributed by atoms with E-state index < -0.39 is 0 Å². The van der Waals surface area contributed by atoms with Gasteiger partial charge in [0.2, 0.25) is 0 Å². The van der Waals surface area contributed by atoms with Crippen molar-refractivity contribution >= 4 is 11.6 Å². The molecule has 0 spiro atoms. The van der Waals surface area contributed by atoms with Gasteiger partial charge >= 0.3 is 0 Å². The molecule has 3 rings (SSSR count). The number of hydrogen-bond acceptors (Lipinski definition) is 4. The van der Waals surface area contributed by atoms with Crippen molar-refractivity contribution < 1.29 is 19.0 Å². The fraction of sp³-hybridized carbons (Fsp3) is 0.125. The summed E-state index contributed by atoms with van der Waals surface area (Å²) in [5, 5.41) is 2.87. The Hall–Kier alpha value is -3.73. The van der Waals surface area contributed by atoms with Crippen LogP contribution in [0.15, 0.2) is 91.5 Å². The average Bonchev–Trinajstić information content (AvgIpc) is 2.77. The van der Waals surface area contributed by atoms with Crippen LogP contribution in [-0.2, 0) is 0 Å². The zero-order valence-corrected chi connectivity index (χ0v) is 16.0. The van der Waals surface area contributed by atoms with Crippen molar-refractivity contribution in [1.82, 2.24) is 0 Å². The minimum atomic E-state index is -0.246. The molecule has 5 heteroatoms. The molecule has 0 atom stereocenters. The van der Waals surface area contributed by atoms with Crippen LogP contribution in [0.1, 0.15) is 10.4 Å². The van der Waals surface area contributed by atoms with E-state index in [-0.39, 0.29) is 5.91 Å². The average molecular weight is 389 g/mol. The summed E-state index contributed by atoms with van der Waals surface area (Å²) in [5.41, 5.74) is 1.13. The first-order chi connectivity index (χ1) is 14.3. The molecule has 0 saturated heterocycles. The first-order valence-corrected chi connectivity index (χ1v) is 9.31. The molecule has 29 heavy (non-hydrogen) atoms. The number of carbonyl (C=O) groups is 1. The number of para-hydroxylation sites is 2. The second-order valence-electron chi connectivity index (χ2n) is 6.08. The quantitative estimate of drug-likeness (QED) is 0.393. The molecular weight excluding hydrogens is 366 g/mol. The van der Waals surface area contributed by atoms with Gasteiger partial charge in [-0.25, -0.2) is 0 Å². The summed E-state index contributed by atoms with van der Waals surface area (Å²) >= 11 is 0. The highest BCUT2D eigenvalue weighted by Crippen LogP contribution is 2.21. The van der Waals surface area contributed by atoms with Crippen molar-refractivity contribution in [2.45, 2.75) is 0 Å². The molecule has 0 saturated carbocycles. The molecule has 1 amide bonds. The Morgan fingerprint density at radius 1 is 0.793 bits per heavy atom. The molecule has 3 aromatic rings. The van der Waals surface area contributed by atoms with Gasteiger partial charge in [0.15, 0.2) is 0 Å². The number of rotatable bonds is 10. The van der Waals surface area contributed by atoms with Gasteiger partial charge in [-0.15, -0.1) is 0 Å². The zero-order chi connectivity index (χ0) is 20.3. The fourth-order valence-electron chi connectivity index (χ4n) is 2.60. The lowest BCUT2D eigenvalue weighted by atomic mass is 10.2. The van der Waals surface area contributed by atoms with E-state index >= 15 is 0 Å². The molecule has 0 aromatic heterocycles. The molecule has 3 aromatic carbocycles. The first kappa shape index (κ1) is 20.0. The van der Waals surface area contributed by atoms with Crippen molar-refractivity contribution in [1.29, 1.82) is 0 Å². The van der Waals surface area contributed by atoms with E-state index in [9.17, 15) is 4.79 Å². The minimum absolute atomic E-state index is 0.246. The maximum absolute atomic E-state index is 12.7. The fourth-order valence-corrected chi connectivity index (χ4v) is 2.60. The predicted octanol–water partition coefficient (Wildman–Crippen LogP) is 4.96. The Morgan fingerprint density at radius 2 is 1.45 bits per heavy atom. The standard InChI is InChI=1S/C24H23NO4/c1-2-16-27-21-14-12-19(13-15-21)25-24(26)22-10-6-7-11-23(22)29-18-17-28-20-8-4-3-5-9-20/h2-15H,1,16-18H2,(H,25,26). The van der Waals surface area contributed by atoms with Gasteiger partial charge in [0.25, 0.3) is 5.91 Å². The van der Waals surface area contributed by atoms with Crippen molar-refractivity contribution in [2.75, 3.05) is 25.1 Å². The van der Waals surface area contributed by atoms with Crippen LogP contribution in [0.25, 0.3) is 0 Å². The Labute approximate surface area is 170 Å². The van der Waals surface area contributed by atoms with Crippen LogP contribution in [0.3, 0.4) is 0 Å². The molecule has 148 valence electrons. The predicted molar refractivity (Wildman–Crippen MR) is 114 cm³/mol. The number of amides is 1. The maximum Gasteiger partial charge on any atom is 0.259 e. The number of carbonyl (C=O) groups excluding carboxylic acids is 1. The highest BCUT2D eigenvalue weighted by Gasteiger charge is 2.12. The van der Waals surface area contributed by atoms with Gasteiger partial charge in [0, 0.05) is 5.69 Å². The van der Waals surface area contributed by atoms with E-state index in [4.69, 9.17) is 14.2 Å². The van der Waals surface area contributed by atoms with Gasteiger partial charge in [0.05, 0.1) is 5.56 Å². The molecule has 0 heterocycles. The summed E-state index contributed by atoms with van der Waals surface area (Å²) in [5.74, 6) is 1.75. The molecular formula is C24H23NO4. The summed E-state index contributed by atoms with van der Waals surface area (Å²) in [6.07, 6.45) is 1.68. The van der Waals surface area contributed by atoms with E-state index in [1.54, 1.807) is 48.5 Å². The second kappa shape index (κ2) is 10.6. The third-order valence-corrected chi connectivity index (χ3v) is 3.96. The molecule has 0 radical (unpaired) electrons. The highest BCUT2D eigenvalue weighted by atomic mass is 16.5. The van der Waals surface area contributed by atoms with Crippen molar-refractivity contribution in [2.24, 2.45) is 0 Å². The molecule has 0 aliphatic heterocycles. The summed E-state index contributed by atoms with van der Waals surface area (Å²) in [6, 6.07) is 23.8. The Morgan fingerprint density at radius 3 is 2.21 bits per heavy atom. The van der Waals surface area contributed by atoms with Crippen LogP contribution in [-0.4, -0.2) is 25.7 Å². The lowest BCUT2D eigenvalue weighted by molar-refractivity contribution is 0.102. The van der Waals surface area contributed by atoms with Crippen LogP contribution in [0.5, 0.6) is 17.2 Å². The van der Waals surface area contributed by atoms with Crippen LogP contribution < -0.4 is 19.5 Å². The topological polar surface area (TPSA) is 56.8 Å². The zero-order valence-electron chi connectivity index (χ0n) is 16.0. The van der Waals surface area contributed by atoms with Crippen LogP contribution in [0.4, 0.5) is 5.69 Å². The van der Waals surface area contributed by atoms with Crippen molar-refractivity contribution in [3.8, 4) is 17.2 Å². The van der Waals surface area contributed by atoms with E-state index in [1.807, 2.05) is 36.4 Å². The first-order valence-electron chi connectivity index (χ1n) is 9.31. The van der Waals surface area contributed by atoms with Crippen LogP contribution in [0.2, 0.25) is 0 Å². The largest absolute Gasteiger partial charge is 0.490 e. The second-order valence-corrected chi connectivity index (χ2v) is 6.08. The van der Waals surface area contributed by atoms with E-state index in [0.717, 1.165) is 5.75 Å². The van der Waals surface area contributed by atoms with E-state index in [0.29, 0.717) is 42.6 Å². The molecule has 1 N–H and O–H groups in total. The maximum atomic E-state index is 12.7. The highest BCUT2D eigenvalue weighted by molar-refractivity contribution is 6.06. The molecule has 5 nitrogen and oxygen atoms in total.